The molecule has 5 nitrogen and oxygen atoms in total. The number of rotatable bonds is 0. The molecule has 0 aromatic rings. The van der Waals surface area contributed by atoms with Gasteiger partial charge in [0.1, 0.15) is 0 Å². The Labute approximate surface area is 76.1 Å². The quantitative estimate of drug-likeness (QED) is 0.495. The van der Waals surface area contributed by atoms with Crippen molar-refractivity contribution in [3.63, 3.8) is 0 Å². The van der Waals surface area contributed by atoms with Gasteiger partial charge in [-0.15, -0.1) is 0 Å². The van der Waals surface area contributed by atoms with Crippen molar-refractivity contribution >= 4 is 13.5 Å². The summed E-state index contributed by atoms with van der Waals surface area (Å²) in [6.45, 7) is 0. The normalized spacial score (nSPS) is 0. The van der Waals surface area contributed by atoms with Crippen LogP contribution in [0, 0.1) is 35.6 Å². The van der Waals surface area contributed by atoms with Crippen LogP contribution in [0.25, 0.3) is 0 Å². The minimum absolute atomic E-state index is 0. The maximum atomic E-state index is 0. The van der Waals surface area contributed by atoms with Crippen LogP contribution < -0.4 is 0 Å². The molecule has 0 atom stereocenters. The molecule has 0 aromatic heterocycles. The minimum atomic E-state index is 0. The predicted octanol–water partition coefficient (Wildman–Crippen LogP) is -1.96. The van der Waals surface area contributed by atoms with Crippen LogP contribution in [0.2, 0.25) is 0 Å². The molecule has 0 fully saturated rings. The zero-order chi connectivity index (χ0) is 0. The van der Waals surface area contributed by atoms with Crippen LogP contribution in [-0.4, -0.2) is 27.4 Å². The topological polar surface area (TPSA) is 150 Å². The van der Waals surface area contributed by atoms with Crippen LogP contribution in [0.3, 0.4) is 0 Å². The van der Waals surface area contributed by atoms with Crippen molar-refractivity contribution in [2.45, 2.75) is 0 Å². The molecule has 0 aliphatic heterocycles. The van der Waals surface area contributed by atoms with E-state index < -0.39 is 0 Å². The third kappa shape index (κ3) is 116. The molecule has 0 aliphatic rings. The van der Waals surface area contributed by atoms with E-state index in [0.29, 0.717) is 0 Å². The molecule has 7 heavy (non-hydrogen) atoms. The largest absolute Gasteiger partial charge is 3.00 e. The molecule has 0 saturated carbocycles. The summed E-state index contributed by atoms with van der Waals surface area (Å²) in [4.78, 5) is 0. The Morgan fingerprint density at radius 1 is 0.429 bits per heavy atom. The van der Waals surface area contributed by atoms with Crippen molar-refractivity contribution in [2.24, 2.45) is 0 Å². The standard InChI is InChI=1S/La.5H2O.H4S/h;5*1H2;1H4/q+3;;;;;;+2/p-5. The summed E-state index contributed by atoms with van der Waals surface area (Å²) in [6, 6.07) is 0. The van der Waals surface area contributed by atoms with Crippen LogP contribution in [-0.2, 0) is 13.5 Å². The monoisotopic (exact) mass is 260 g/mol. The molecule has 0 spiro atoms. The molecule has 0 radical (unpaired) electrons. The van der Waals surface area contributed by atoms with Gasteiger partial charge in [0.25, 0.3) is 0 Å². The molecule has 0 aliphatic carbocycles. The van der Waals surface area contributed by atoms with Gasteiger partial charge in [0, 0.05) is 0 Å². The molecule has 0 heterocycles. The maximum absolute atomic E-state index is 0. The van der Waals surface area contributed by atoms with Gasteiger partial charge in [-0.3, -0.25) is 0 Å². The predicted molar refractivity (Wildman–Crippen MR) is 22.6 cm³/mol. The molecule has 0 bridgehead atoms. The van der Waals surface area contributed by atoms with Crippen LogP contribution in [0.15, 0.2) is 0 Å². The Morgan fingerprint density at radius 3 is 0.429 bits per heavy atom. The summed E-state index contributed by atoms with van der Waals surface area (Å²) in [5.74, 6) is 0. The Bertz CT molecular complexity index is 8.04. The van der Waals surface area contributed by atoms with Crippen molar-refractivity contribution in [2.75, 3.05) is 0 Å². The molecule has 48 valence electrons. The zero-order valence-corrected chi connectivity index (χ0v) is 8.56. The van der Waals surface area contributed by atoms with Gasteiger partial charge < -0.3 is 27.4 Å². The molecule has 5 N–H and O–H groups in total. The fraction of sp³-hybridized carbons (Fsp3) is 0. The van der Waals surface area contributed by atoms with Crippen LogP contribution in [0.4, 0.5) is 0 Å². The van der Waals surface area contributed by atoms with E-state index in [1.54, 1.807) is 0 Å². The van der Waals surface area contributed by atoms with Gasteiger partial charge >= 0.3 is 35.6 Å². The minimum Gasteiger partial charge on any atom is -0.870 e. The average molecular weight is 260 g/mol. The van der Waals surface area contributed by atoms with E-state index in [4.69, 9.17) is 0 Å². The summed E-state index contributed by atoms with van der Waals surface area (Å²) in [6.07, 6.45) is 0. The Morgan fingerprint density at radius 2 is 0.429 bits per heavy atom. The summed E-state index contributed by atoms with van der Waals surface area (Å²) >= 11 is 0. The van der Waals surface area contributed by atoms with Gasteiger partial charge in [-0.25, -0.2) is 13.5 Å². The first kappa shape index (κ1) is 249. The average Bonchev–Trinajstić information content (AvgIpc) is 0. The van der Waals surface area contributed by atoms with Crippen LogP contribution in [0.5, 0.6) is 0 Å². The first-order valence-electron chi connectivity index (χ1n) is 0. The van der Waals surface area contributed by atoms with Crippen molar-refractivity contribution in [1.82, 2.24) is 0 Å². The smallest absolute Gasteiger partial charge is 0.870 e. The molecule has 0 amide bonds. The molecule has 0 aromatic carbocycles. The fourth-order valence-corrected chi connectivity index (χ4v) is 0. The van der Waals surface area contributed by atoms with Crippen molar-refractivity contribution < 1.29 is 63.0 Å². The van der Waals surface area contributed by atoms with Gasteiger partial charge in [-0.05, 0) is 0 Å². The molecule has 0 saturated heterocycles. The number of hydrogen-bond donors (Lipinski definition) is 0. The Kier molecular flexibility index (Phi) is 5810. The molecular formula is H9LaO5S. The van der Waals surface area contributed by atoms with E-state index in [9.17, 15) is 0 Å². The van der Waals surface area contributed by atoms with Crippen molar-refractivity contribution in [3.8, 4) is 0 Å². The third-order valence-corrected chi connectivity index (χ3v) is 0. The summed E-state index contributed by atoms with van der Waals surface area (Å²) < 4.78 is 0. The summed E-state index contributed by atoms with van der Waals surface area (Å²) in [5, 5.41) is 0. The van der Waals surface area contributed by atoms with Crippen LogP contribution >= 0.6 is 0 Å². The Hall–Kier alpha value is 1.34. The van der Waals surface area contributed by atoms with E-state index in [1.165, 1.54) is 0 Å². The first-order valence-corrected chi connectivity index (χ1v) is 0. The molecule has 0 rings (SSSR count). The van der Waals surface area contributed by atoms with E-state index in [2.05, 4.69) is 0 Å². The van der Waals surface area contributed by atoms with E-state index in [1.807, 2.05) is 0 Å². The van der Waals surface area contributed by atoms with Gasteiger partial charge in [-0.2, -0.15) is 0 Å². The second-order valence-electron chi connectivity index (χ2n) is 0. The summed E-state index contributed by atoms with van der Waals surface area (Å²) in [7, 11) is 0. The van der Waals surface area contributed by atoms with E-state index in [-0.39, 0.29) is 76.5 Å². The second-order valence-corrected chi connectivity index (χ2v) is 0. The van der Waals surface area contributed by atoms with Crippen LogP contribution in [0.1, 0.15) is 0 Å². The molecule has 0 unspecified atom stereocenters. The van der Waals surface area contributed by atoms with Gasteiger partial charge in [0.15, 0.2) is 0 Å². The summed E-state index contributed by atoms with van der Waals surface area (Å²) in [5.41, 5.74) is 0. The molecule has 7 heteroatoms. The van der Waals surface area contributed by atoms with Gasteiger partial charge in [-0.1, -0.05) is 0 Å². The van der Waals surface area contributed by atoms with Crippen molar-refractivity contribution in [3.05, 3.63) is 0 Å². The maximum Gasteiger partial charge on any atom is 3.00 e. The SMILES string of the molecule is [La+3].[OH-].[OH-].[OH-].[OH-].[OH-].[SH4+2]. The number of hydrogen-bond acceptors (Lipinski definition) is 5. The second kappa shape index (κ2) is 163. The molecular weight excluding hydrogens is 251 g/mol. The van der Waals surface area contributed by atoms with Gasteiger partial charge in [0.2, 0.25) is 0 Å². The Balaban J connectivity index is 0. The zero-order valence-electron chi connectivity index (χ0n) is 3.52. The van der Waals surface area contributed by atoms with Gasteiger partial charge in [0.05, 0.1) is 0 Å². The first-order chi connectivity index (χ1) is 0. The third-order valence-electron chi connectivity index (χ3n) is 0. The van der Waals surface area contributed by atoms with Crippen molar-refractivity contribution in [1.29, 1.82) is 0 Å². The van der Waals surface area contributed by atoms with E-state index >= 15 is 0 Å². The fourth-order valence-electron chi connectivity index (χ4n) is 0. The van der Waals surface area contributed by atoms with E-state index in [0.717, 1.165) is 0 Å².